The van der Waals surface area contributed by atoms with Crippen molar-refractivity contribution in [2.45, 2.75) is 65.5 Å². The molecule has 1 aromatic heterocycles. The summed E-state index contributed by atoms with van der Waals surface area (Å²) >= 11 is 0. The lowest BCUT2D eigenvalue weighted by Gasteiger charge is -2.21. The van der Waals surface area contributed by atoms with Crippen molar-refractivity contribution in [2.24, 2.45) is 0 Å². The van der Waals surface area contributed by atoms with E-state index in [9.17, 15) is 14.4 Å². The molecule has 3 aromatic carbocycles. The van der Waals surface area contributed by atoms with Crippen LogP contribution >= 0.6 is 0 Å². The molecule has 0 aliphatic heterocycles. The van der Waals surface area contributed by atoms with Gasteiger partial charge in [0.15, 0.2) is 0 Å². The number of rotatable bonds is 16. The Balaban J connectivity index is 1.73. The topological polar surface area (TPSA) is 90.7 Å². The second kappa shape index (κ2) is 16.9. The Hall–Kier alpha value is -4.72. The zero-order valence-electron chi connectivity index (χ0n) is 26.5. The molecule has 0 aliphatic rings. The van der Waals surface area contributed by atoms with Gasteiger partial charge in [-0.05, 0) is 55.0 Å². The van der Waals surface area contributed by atoms with Gasteiger partial charge in [-0.15, -0.1) is 0 Å². The predicted octanol–water partition coefficient (Wildman–Crippen LogP) is 7.37. The van der Waals surface area contributed by atoms with E-state index < -0.39 is 11.9 Å². The first-order valence-corrected chi connectivity index (χ1v) is 15.8. The number of hydrogen-bond donors (Lipinski definition) is 0. The highest BCUT2D eigenvalue weighted by atomic mass is 16.5. The Kier molecular flexibility index (Phi) is 12.5. The normalized spacial score (nSPS) is 10.8. The number of ether oxygens (including phenoxy) is 2. The van der Waals surface area contributed by atoms with E-state index in [4.69, 9.17) is 14.5 Å². The van der Waals surface area contributed by atoms with Crippen molar-refractivity contribution in [3.8, 4) is 11.4 Å². The fraction of sp³-hybridized carbons (Fsp3) is 0.351. The van der Waals surface area contributed by atoms with E-state index in [1.165, 1.54) is 18.7 Å². The molecule has 4 rings (SSSR count). The molecule has 0 saturated carbocycles. The average Bonchev–Trinajstić information content (AvgIpc) is 3.51. The largest absolute Gasteiger partial charge is 0.465 e. The fourth-order valence-electron chi connectivity index (χ4n) is 5.13. The van der Waals surface area contributed by atoms with Gasteiger partial charge in [0.1, 0.15) is 18.1 Å². The maximum atomic E-state index is 13.8. The standard InChI is InChI=1S/C37H43N3O5/c1-4-6-22-39(23-7-5-2)35(41)33-26-40(24-14-19-28-15-10-8-11-16-28)34(38-33)31-21-20-30(36(42)44-3)25-32(31)37(43)45-27-29-17-12-9-13-18-29/h8-13,15-18,20-21,25-26H,4-7,14,19,22-24,27H2,1-3H3. The molecule has 0 N–H and O–H groups in total. The minimum atomic E-state index is -0.598. The number of aromatic nitrogens is 2. The third kappa shape index (κ3) is 9.14. The Morgan fingerprint density at radius 3 is 2.07 bits per heavy atom. The summed E-state index contributed by atoms with van der Waals surface area (Å²) in [7, 11) is 1.30. The third-order valence-electron chi connectivity index (χ3n) is 7.67. The molecule has 0 radical (unpaired) electrons. The van der Waals surface area contributed by atoms with E-state index in [2.05, 4.69) is 26.0 Å². The minimum absolute atomic E-state index is 0.0701. The number of carbonyl (C=O) groups excluding carboxylic acids is 3. The maximum absolute atomic E-state index is 13.8. The number of imidazole rings is 1. The lowest BCUT2D eigenvalue weighted by molar-refractivity contribution is 0.0473. The van der Waals surface area contributed by atoms with E-state index in [0.29, 0.717) is 36.7 Å². The summed E-state index contributed by atoms with van der Waals surface area (Å²) in [6, 6.07) is 24.4. The first-order chi connectivity index (χ1) is 21.9. The fourth-order valence-corrected chi connectivity index (χ4v) is 5.13. The molecule has 0 saturated heterocycles. The Morgan fingerprint density at radius 1 is 0.800 bits per heavy atom. The lowest BCUT2D eigenvalue weighted by atomic mass is 10.0. The van der Waals surface area contributed by atoms with Crippen molar-refractivity contribution in [3.63, 3.8) is 0 Å². The van der Waals surface area contributed by atoms with Gasteiger partial charge in [0.25, 0.3) is 5.91 Å². The van der Waals surface area contributed by atoms with Crippen LogP contribution in [0.4, 0.5) is 0 Å². The molecule has 0 aliphatic carbocycles. The molecule has 0 atom stereocenters. The van der Waals surface area contributed by atoms with E-state index in [1.54, 1.807) is 18.3 Å². The van der Waals surface area contributed by atoms with Crippen LogP contribution < -0.4 is 0 Å². The van der Waals surface area contributed by atoms with Crippen molar-refractivity contribution in [3.05, 3.63) is 113 Å². The smallest absolute Gasteiger partial charge is 0.339 e. The van der Waals surface area contributed by atoms with Gasteiger partial charge in [-0.25, -0.2) is 14.6 Å². The monoisotopic (exact) mass is 609 g/mol. The number of esters is 2. The van der Waals surface area contributed by atoms with E-state index in [-0.39, 0.29) is 23.6 Å². The van der Waals surface area contributed by atoms with Crippen LogP contribution in [0, 0.1) is 0 Å². The SMILES string of the molecule is CCCCN(CCCC)C(=O)c1cn(CCCc2ccccc2)c(-c2ccc(C(=O)OC)cc2C(=O)OCc2ccccc2)n1. The molecule has 8 heteroatoms. The van der Waals surface area contributed by atoms with E-state index in [1.807, 2.05) is 58.0 Å². The molecule has 0 unspecified atom stereocenters. The van der Waals surface area contributed by atoms with Gasteiger partial charge in [0, 0.05) is 31.4 Å². The highest BCUT2D eigenvalue weighted by molar-refractivity contribution is 6.01. The number of methoxy groups -OCH3 is 1. The summed E-state index contributed by atoms with van der Waals surface area (Å²) in [4.78, 5) is 46.6. The average molecular weight is 610 g/mol. The summed E-state index contributed by atoms with van der Waals surface area (Å²) in [5.74, 6) is -0.818. The molecule has 0 spiro atoms. The second-order valence-corrected chi connectivity index (χ2v) is 11.0. The number of hydrogen-bond acceptors (Lipinski definition) is 6. The summed E-state index contributed by atoms with van der Waals surface area (Å²) < 4.78 is 12.6. The summed E-state index contributed by atoms with van der Waals surface area (Å²) in [6.45, 7) is 6.19. The van der Waals surface area contributed by atoms with Crippen LogP contribution in [-0.2, 0) is 29.0 Å². The predicted molar refractivity (Wildman–Crippen MR) is 175 cm³/mol. The Bertz CT molecular complexity index is 1540. The van der Waals surface area contributed by atoms with Gasteiger partial charge in [0.05, 0.1) is 18.2 Å². The molecule has 4 aromatic rings. The number of nitrogens with zero attached hydrogens (tertiary/aromatic N) is 3. The van der Waals surface area contributed by atoms with Crippen LogP contribution in [0.15, 0.2) is 85.1 Å². The zero-order valence-corrected chi connectivity index (χ0v) is 26.5. The lowest BCUT2D eigenvalue weighted by Crippen LogP contribution is -2.33. The molecule has 1 amide bonds. The van der Waals surface area contributed by atoms with Crippen LogP contribution in [0.1, 0.15) is 88.3 Å². The number of unbranched alkanes of at least 4 members (excludes halogenated alkanes) is 2. The highest BCUT2D eigenvalue weighted by Gasteiger charge is 2.25. The van der Waals surface area contributed by atoms with Crippen LogP contribution in [0.25, 0.3) is 11.4 Å². The van der Waals surface area contributed by atoms with Gasteiger partial charge in [-0.2, -0.15) is 0 Å². The molecule has 1 heterocycles. The first kappa shape index (κ1) is 33.2. The van der Waals surface area contributed by atoms with Gasteiger partial charge in [0.2, 0.25) is 0 Å². The molecule has 0 fully saturated rings. The van der Waals surface area contributed by atoms with Gasteiger partial charge < -0.3 is 18.9 Å². The van der Waals surface area contributed by atoms with Crippen molar-refractivity contribution in [2.75, 3.05) is 20.2 Å². The van der Waals surface area contributed by atoms with Crippen molar-refractivity contribution in [1.29, 1.82) is 0 Å². The van der Waals surface area contributed by atoms with Crippen molar-refractivity contribution >= 4 is 17.8 Å². The van der Waals surface area contributed by atoms with Crippen molar-refractivity contribution < 1.29 is 23.9 Å². The van der Waals surface area contributed by atoms with Crippen molar-refractivity contribution in [1.82, 2.24) is 14.5 Å². The third-order valence-corrected chi connectivity index (χ3v) is 7.67. The van der Waals surface area contributed by atoms with Gasteiger partial charge in [-0.1, -0.05) is 87.4 Å². The summed E-state index contributed by atoms with van der Waals surface area (Å²) in [5.41, 5.74) is 3.26. The van der Waals surface area contributed by atoms with Gasteiger partial charge >= 0.3 is 11.9 Å². The van der Waals surface area contributed by atoms with Crippen LogP contribution in [0.5, 0.6) is 0 Å². The quantitative estimate of drug-likeness (QED) is 0.123. The molecular weight excluding hydrogens is 566 g/mol. The molecule has 0 bridgehead atoms. The van der Waals surface area contributed by atoms with Gasteiger partial charge in [-0.3, -0.25) is 4.79 Å². The van der Waals surface area contributed by atoms with Crippen LogP contribution in [-0.4, -0.2) is 52.5 Å². The Labute approximate surface area is 266 Å². The number of aryl methyl sites for hydroxylation is 2. The zero-order chi connectivity index (χ0) is 32.0. The minimum Gasteiger partial charge on any atom is -0.465 e. The van der Waals surface area contributed by atoms with Crippen LogP contribution in [0.2, 0.25) is 0 Å². The first-order valence-electron chi connectivity index (χ1n) is 15.8. The number of benzene rings is 3. The van der Waals surface area contributed by atoms with E-state index in [0.717, 1.165) is 44.1 Å². The maximum Gasteiger partial charge on any atom is 0.339 e. The summed E-state index contributed by atoms with van der Waals surface area (Å²) in [5, 5.41) is 0. The molecule has 8 nitrogen and oxygen atoms in total. The molecule has 236 valence electrons. The molecular formula is C37H43N3O5. The summed E-state index contributed by atoms with van der Waals surface area (Å²) in [6.07, 6.45) is 7.21. The van der Waals surface area contributed by atoms with Crippen LogP contribution in [0.3, 0.4) is 0 Å². The highest BCUT2D eigenvalue weighted by Crippen LogP contribution is 2.27. The molecule has 45 heavy (non-hydrogen) atoms. The number of amides is 1. The van der Waals surface area contributed by atoms with E-state index >= 15 is 0 Å². The number of carbonyl (C=O) groups is 3. The second-order valence-electron chi connectivity index (χ2n) is 11.0. The Morgan fingerprint density at radius 2 is 1.44 bits per heavy atom.